The van der Waals surface area contributed by atoms with Crippen molar-refractivity contribution in [2.45, 2.75) is 38.7 Å². The summed E-state index contributed by atoms with van der Waals surface area (Å²) < 4.78 is 1.98. The van der Waals surface area contributed by atoms with E-state index in [-0.39, 0.29) is 25.3 Å². The number of β-amino-alcohol motifs (C(OH)–C–C–N with tert-alkyl or cyclic N) is 1. The van der Waals surface area contributed by atoms with Crippen LogP contribution in [0, 0.1) is 5.41 Å². The first kappa shape index (κ1) is 20.1. The summed E-state index contributed by atoms with van der Waals surface area (Å²) in [5.74, 6) is -0.114. The molecule has 0 bridgehead atoms. The van der Waals surface area contributed by atoms with Gasteiger partial charge in [-0.25, -0.2) is 4.98 Å². The number of carboxylic acids is 1. The lowest BCUT2D eigenvalue weighted by molar-refractivity contribution is -0.141. The van der Waals surface area contributed by atoms with Crippen LogP contribution in [0.25, 0.3) is 5.65 Å². The Morgan fingerprint density at radius 2 is 2.07 bits per heavy atom. The molecule has 8 nitrogen and oxygen atoms in total. The molecule has 1 atom stereocenters. The van der Waals surface area contributed by atoms with Crippen molar-refractivity contribution in [3.63, 3.8) is 0 Å². The van der Waals surface area contributed by atoms with E-state index in [0.717, 1.165) is 11.5 Å². The van der Waals surface area contributed by atoms with Gasteiger partial charge in [0.2, 0.25) is 5.91 Å². The third-order valence-electron chi connectivity index (χ3n) is 5.28. The summed E-state index contributed by atoms with van der Waals surface area (Å²) in [6.07, 6.45) is 4.24. The van der Waals surface area contributed by atoms with E-state index in [1.54, 1.807) is 27.1 Å². The van der Waals surface area contributed by atoms with Gasteiger partial charge in [-0.1, -0.05) is 19.9 Å². The normalized spacial score (nSPS) is 19.9. The van der Waals surface area contributed by atoms with E-state index in [9.17, 15) is 14.7 Å². The second kappa shape index (κ2) is 7.43. The van der Waals surface area contributed by atoms with Gasteiger partial charge >= 0.3 is 5.97 Å². The lowest BCUT2D eigenvalue weighted by Gasteiger charge is -2.31. The molecule has 2 N–H and O–H groups in total. The van der Waals surface area contributed by atoms with Crippen LogP contribution in [0.15, 0.2) is 30.6 Å². The summed E-state index contributed by atoms with van der Waals surface area (Å²) in [5.41, 5.74) is -0.788. The molecule has 2 aromatic heterocycles. The Labute approximate surface area is 164 Å². The van der Waals surface area contributed by atoms with Gasteiger partial charge in [0, 0.05) is 39.0 Å². The Kier molecular flexibility index (Phi) is 5.34. The van der Waals surface area contributed by atoms with Crippen molar-refractivity contribution >= 4 is 23.3 Å². The lowest BCUT2D eigenvalue weighted by Crippen LogP contribution is -2.46. The highest BCUT2D eigenvalue weighted by atomic mass is 16.4. The second-order valence-corrected chi connectivity index (χ2v) is 8.60. The molecule has 1 aliphatic heterocycles. The molecule has 1 fully saturated rings. The van der Waals surface area contributed by atoms with Crippen LogP contribution in [-0.2, 0) is 9.59 Å². The van der Waals surface area contributed by atoms with Gasteiger partial charge in [-0.2, -0.15) is 0 Å². The molecule has 152 valence electrons. The topological polar surface area (TPSA) is 98.4 Å². The zero-order valence-electron chi connectivity index (χ0n) is 16.6. The Bertz CT molecular complexity index is 878. The number of carbonyl (C=O) groups excluding carboxylic acids is 1. The predicted octanol–water partition coefficient (Wildman–Crippen LogP) is 1.62. The van der Waals surface area contributed by atoms with Gasteiger partial charge in [0.05, 0.1) is 13.0 Å². The third-order valence-corrected chi connectivity index (χ3v) is 5.28. The monoisotopic (exact) mass is 388 g/mol. The third kappa shape index (κ3) is 4.44. The number of hydrogen-bond donors (Lipinski definition) is 2. The molecule has 3 heterocycles. The summed E-state index contributed by atoms with van der Waals surface area (Å²) >= 11 is 0. The first-order chi connectivity index (χ1) is 13.1. The quantitative estimate of drug-likeness (QED) is 0.748. The fraction of sp³-hybridized carbons (Fsp3) is 0.550. The number of aromatic nitrogens is 2. The predicted molar refractivity (Wildman–Crippen MR) is 105 cm³/mol. The second-order valence-electron chi connectivity index (χ2n) is 8.60. The molecular formula is C20H28N4O4. The number of likely N-dealkylation sites (N-methyl/N-ethyl adjacent to an activating group) is 1. The van der Waals surface area contributed by atoms with Crippen molar-refractivity contribution in [3.8, 4) is 0 Å². The van der Waals surface area contributed by atoms with Crippen molar-refractivity contribution in [1.82, 2.24) is 14.3 Å². The Hall–Kier alpha value is -2.61. The highest BCUT2D eigenvalue weighted by Gasteiger charge is 2.39. The minimum Gasteiger partial charge on any atom is -0.481 e. The van der Waals surface area contributed by atoms with Crippen LogP contribution in [0.5, 0.6) is 0 Å². The summed E-state index contributed by atoms with van der Waals surface area (Å²) in [7, 11) is 1.66. The number of anilines is 1. The van der Waals surface area contributed by atoms with Crippen LogP contribution >= 0.6 is 0 Å². The van der Waals surface area contributed by atoms with Gasteiger partial charge in [-0.05, 0) is 24.0 Å². The van der Waals surface area contributed by atoms with Crippen LogP contribution in [0.4, 0.5) is 5.82 Å². The van der Waals surface area contributed by atoms with E-state index < -0.39 is 17.0 Å². The zero-order chi connectivity index (χ0) is 20.5. The van der Waals surface area contributed by atoms with Gasteiger partial charge < -0.3 is 20.0 Å². The average molecular weight is 388 g/mol. The molecular weight excluding hydrogens is 360 g/mol. The average Bonchev–Trinajstić information content (AvgIpc) is 3.19. The van der Waals surface area contributed by atoms with Crippen molar-refractivity contribution in [2.24, 2.45) is 5.41 Å². The molecule has 0 aromatic carbocycles. The van der Waals surface area contributed by atoms with Crippen LogP contribution in [0.1, 0.15) is 33.1 Å². The summed E-state index contributed by atoms with van der Waals surface area (Å²) in [5, 5.41) is 20.0. The van der Waals surface area contributed by atoms with Gasteiger partial charge in [-0.3, -0.25) is 14.0 Å². The molecule has 2 aromatic rings. The van der Waals surface area contributed by atoms with E-state index in [4.69, 9.17) is 5.11 Å². The molecule has 3 rings (SSSR count). The number of hydrogen-bond acceptors (Lipinski definition) is 5. The van der Waals surface area contributed by atoms with Crippen LogP contribution < -0.4 is 4.90 Å². The lowest BCUT2D eigenvalue weighted by atomic mass is 9.85. The molecule has 1 unspecified atom stereocenters. The highest BCUT2D eigenvalue weighted by Crippen LogP contribution is 2.29. The van der Waals surface area contributed by atoms with E-state index >= 15 is 0 Å². The van der Waals surface area contributed by atoms with Gasteiger partial charge in [0.15, 0.2) is 0 Å². The zero-order valence-corrected chi connectivity index (χ0v) is 16.6. The number of imidazole rings is 1. The van der Waals surface area contributed by atoms with E-state index in [0.29, 0.717) is 19.5 Å². The maximum atomic E-state index is 12.6. The van der Waals surface area contributed by atoms with Crippen LogP contribution in [0.3, 0.4) is 0 Å². The first-order valence-corrected chi connectivity index (χ1v) is 9.44. The smallest absolute Gasteiger partial charge is 0.303 e. The number of aliphatic hydroxyl groups is 1. The van der Waals surface area contributed by atoms with Crippen molar-refractivity contribution in [3.05, 3.63) is 30.6 Å². The number of aliphatic carboxylic acids is 1. The van der Waals surface area contributed by atoms with E-state index in [1.165, 1.54) is 4.90 Å². The van der Waals surface area contributed by atoms with Gasteiger partial charge in [0.25, 0.3) is 0 Å². The standard InChI is InChI=1S/C20H28N4O4/c1-19(2,12-18(26)27)11-17(25)22(3)13-20(28)7-9-23(14-20)16-6-4-5-15-21-8-10-24(15)16/h4-6,8,10,28H,7,9,11-14H2,1-3H3,(H,26,27). The number of nitrogens with zero attached hydrogens (tertiary/aromatic N) is 4. The molecule has 0 radical (unpaired) electrons. The summed E-state index contributed by atoms with van der Waals surface area (Å²) in [4.78, 5) is 31.4. The molecule has 1 saturated heterocycles. The minimum absolute atomic E-state index is 0.0699. The number of amides is 1. The number of rotatable bonds is 7. The van der Waals surface area contributed by atoms with Crippen molar-refractivity contribution in [2.75, 3.05) is 31.6 Å². The van der Waals surface area contributed by atoms with E-state index in [2.05, 4.69) is 9.88 Å². The Morgan fingerprint density at radius 1 is 1.32 bits per heavy atom. The van der Waals surface area contributed by atoms with Crippen molar-refractivity contribution in [1.29, 1.82) is 0 Å². The largest absolute Gasteiger partial charge is 0.481 e. The Morgan fingerprint density at radius 3 is 2.79 bits per heavy atom. The minimum atomic E-state index is -1.01. The van der Waals surface area contributed by atoms with Gasteiger partial charge in [-0.15, -0.1) is 0 Å². The number of carboxylic acid groups (broad SMARTS) is 1. The fourth-order valence-corrected chi connectivity index (χ4v) is 3.92. The van der Waals surface area contributed by atoms with Crippen LogP contribution in [0.2, 0.25) is 0 Å². The number of pyridine rings is 1. The van der Waals surface area contributed by atoms with Crippen LogP contribution in [-0.4, -0.2) is 68.7 Å². The van der Waals surface area contributed by atoms with E-state index in [1.807, 2.05) is 28.8 Å². The van der Waals surface area contributed by atoms with Gasteiger partial charge in [0.1, 0.15) is 17.1 Å². The van der Waals surface area contributed by atoms with Crippen molar-refractivity contribution < 1.29 is 19.8 Å². The molecule has 8 heteroatoms. The fourth-order valence-electron chi connectivity index (χ4n) is 3.92. The number of carbonyl (C=O) groups is 2. The molecule has 1 amide bonds. The molecule has 1 aliphatic rings. The summed E-state index contributed by atoms with van der Waals surface area (Å²) in [6.45, 7) is 4.85. The maximum absolute atomic E-state index is 12.6. The SMILES string of the molecule is CN(CC1(O)CCN(c2cccc3nccn23)C1)C(=O)CC(C)(C)CC(=O)O. The maximum Gasteiger partial charge on any atom is 0.303 e. The molecule has 28 heavy (non-hydrogen) atoms. The molecule has 0 saturated carbocycles. The molecule has 0 spiro atoms. The molecule has 0 aliphatic carbocycles. The summed E-state index contributed by atoms with van der Waals surface area (Å²) in [6, 6.07) is 5.86. The number of fused-ring (bicyclic) bond motifs is 1. The first-order valence-electron chi connectivity index (χ1n) is 9.44. The highest BCUT2D eigenvalue weighted by molar-refractivity contribution is 5.78. The Balaban J connectivity index is 1.64.